The van der Waals surface area contributed by atoms with E-state index >= 15 is 0 Å². The standard InChI is InChI=1S/C23H35N3O5/c1-3-4-21(17-9-11-25-12-10-17)26-14-19(31-23(26)28)15-30-18-7-5-16(6-8-18)13-20(24)22(27)29-2/h5-8,17,19-21,25H,3-4,9-15,24H2,1-2H3. The van der Waals surface area contributed by atoms with Crippen LogP contribution in [0.4, 0.5) is 4.79 Å². The van der Waals surface area contributed by atoms with Crippen LogP contribution in [0.3, 0.4) is 0 Å². The molecule has 8 nitrogen and oxygen atoms in total. The normalized spacial score (nSPS) is 21.5. The van der Waals surface area contributed by atoms with Gasteiger partial charge in [0.25, 0.3) is 0 Å². The van der Waals surface area contributed by atoms with E-state index in [4.69, 9.17) is 15.2 Å². The van der Waals surface area contributed by atoms with Crippen LogP contribution in [-0.2, 0) is 20.7 Å². The van der Waals surface area contributed by atoms with Gasteiger partial charge in [0.1, 0.15) is 18.4 Å². The van der Waals surface area contributed by atoms with Crippen molar-refractivity contribution >= 4 is 12.1 Å². The zero-order valence-electron chi connectivity index (χ0n) is 18.5. The summed E-state index contributed by atoms with van der Waals surface area (Å²) in [6.45, 7) is 5.08. The van der Waals surface area contributed by atoms with Crippen molar-refractivity contribution in [2.45, 2.75) is 57.2 Å². The summed E-state index contributed by atoms with van der Waals surface area (Å²) in [4.78, 5) is 25.9. The molecule has 2 aliphatic rings. The summed E-state index contributed by atoms with van der Waals surface area (Å²) in [5.41, 5.74) is 6.73. The van der Waals surface area contributed by atoms with Crippen LogP contribution in [0.1, 0.15) is 38.2 Å². The summed E-state index contributed by atoms with van der Waals surface area (Å²) >= 11 is 0. The summed E-state index contributed by atoms with van der Waals surface area (Å²) in [5, 5.41) is 3.40. The maximum absolute atomic E-state index is 12.6. The molecule has 2 fully saturated rings. The van der Waals surface area contributed by atoms with E-state index in [9.17, 15) is 9.59 Å². The van der Waals surface area contributed by atoms with Gasteiger partial charge in [-0.3, -0.25) is 4.79 Å². The number of benzene rings is 1. The Morgan fingerprint density at radius 2 is 2.00 bits per heavy atom. The molecule has 2 saturated heterocycles. The highest BCUT2D eigenvalue weighted by atomic mass is 16.6. The van der Waals surface area contributed by atoms with Crippen LogP contribution in [0.2, 0.25) is 0 Å². The fourth-order valence-corrected chi connectivity index (χ4v) is 4.47. The van der Waals surface area contributed by atoms with Gasteiger partial charge in [-0.05, 0) is 62.4 Å². The first-order valence-electron chi connectivity index (χ1n) is 11.2. The van der Waals surface area contributed by atoms with Gasteiger partial charge in [-0.15, -0.1) is 0 Å². The topological polar surface area (TPSA) is 103 Å². The minimum Gasteiger partial charge on any atom is -0.490 e. The van der Waals surface area contributed by atoms with E-state index in [0.717, 1.165) is 44.3 Å². The van der Waals surface area contributed by atoms with Crippen molar-refractivity contribution in [2.75, 3.05) is 33.4 Å². The van der Waals surface area contributed by atoms with E-state index in [-0.39, 0.29) is 18.2 Å². The fourth-order valence-electron chi connectivity index (χ4n) is 4.47. The van der Waals surface area contributed by atoms with E-state index in [2.05, 4.69) is 17.0 Å². The van der Waals surface area contributed by atoms with E-state index < -0.39 is 12.0 Å². The lowest BCUT2D eigenvalue weighted by atomic mass is 9.86. The van der Waals surface area contributed by atoms with Gasteiger partial charge in [-0.1, -0.05) is 25.5 Å². The smallest absolute Gasteiger partial charge is 0.410 e. The molecule has 3 rings (SSSR count). The number of amides is 1. The largest absolute Gasteiger partial charge is 0.490 e. The average molecular weight is 434 g/mol. The molecule has 0 spiro atoms. The molecule has 31 heavy (non-hydrogen) atoms. The molecule has 0 aromatic heterocycles. The first kappa shape index (κ1) is 23.3. The van der Waals surface area contributed by atoms with Crippen LogP contribution < -0.4 is 15.8 Å². The van der Waals surface area contributed by atoms with Crippen molar-refractivity contribution in [1.29, 1.82) is 0 Å². The van der Waals surface area contributed by atoms with E-state index in [1.807, 2.05) is 29.2 Å². The van der Waals surface area contributed by atoms with Crippen LogP contribution in [0, 0.1) is 5.92 Å². The summed E-state index contributed by atoms with van der Waals surface area (Å²) in [5.74, 6) is 0.782. The van der Waals surface area contributed by atoms with E-state index in [1.165, 1.54) is 7.11 Å². The molecule has 3 unspecified atom stereocenters. The second kappa shape index (κ2) is 11.3. The number of esters is 1. The van der Waals surface area contributed by atoms with Crippen molar-refractivity contribution < 1.29 is 23.8 Å². The number of ether oxygens (including phenoxy) is 3. The predicted molar refractivity (Wildman–Crippen MR) is 117 cm³/mol. The second-order valence-corrected chi connectivity index (χ2v) is 8.39. The SMILES string of the molecule is CCCC(C1CCNCC1)N1CC(COc2ccc(CC(N)C(=O)OC)cc2)OC1=O. The Balaban J connectivity index is 1.50. The number of nitrogens with one attached hydrogen (secondary N) is 1. The Bertz CT molecular complexity index is 720. The zero-order chi connectivity index (χ0) is 22.2. The van der Waals surface area contributed by atoms with Gasteiger partial charge in [-0.25, -0.2) is 4.79 Å². The number of carbonyl (C=O) groups excluding carboxylic acids is 2. The Kier molecular flexibility index (Phi) is 8.54. The Morgan fingerprint density at radius 3 is 2.65 bits per heavy atom. The van der Waals surface area contributed by atoms with Gasteiger partial charge in [0.2, 0.25) is 0 Å². The third-order valence-electron chi connectivity index (χ3n) is 6.13. The number of methoxy groups -OCH3 is 1. The van der Waals surface area contributed by atoms with E-state index in [0.29, 0.717) is 31.2 Å². The van der Waals surface area contributed by atoms with Gasteiger partial charge in [0.05, 0.1) is 13.7 Å². The molecular formula is C23H35N3O5. The Labute approximate surface area is 184 Å². The number of rotatable bonds is 10. The lowest BCUT2D eigenvalue weighted by Crippen LogP contribution is -2.45. The molecule has 3 N–H and O–H groups in total. The number of nitrogens with zero attached hydrogens (tertiary/aromatic N) is 1. The maximum Gasteiger partial charge on any atom is 0.410 e. The minimum atomic E-state index is -0.684. The molecule has 2 aliphatic heterocycles. The van der Waals surface area contributed by atoms with Crippen molar-refractivity contribution in [3.8, 4) is 5.75 Å². The minimum absolute atomic E-state index is 0.224. The second-order valence-electron chi connectivity index (χ2n) is 8.39. The number of hydrogen-bond donors (Lipinski definition) is 2. The number of cyclic esters (lactones) is 1. The third kappa shape index (κ3) is 6.33. The molecule has 3 atom stereocenters. The molecule has 0 saturated carbocycles. The molecule has 1 aromatic rings. The highest BCUT2D eigenvalue weighted by molar-refractivity contribution is 5.75. The quantitative estimate of drug-likeness (QED) is 0.545. The average Bonchev–Trinajstić information content (AvgIpc) is 3.17. The molecular weight excluding hydrogens is 398 g/mol. The number of piperidine rings is 1. The van der Waals surface area contributed by atoms with Crippen LogP contribution in [0.25, 0.3) is 0 Å². The van der Waals surface area contributed by atoms with Gasteiger partial charge in [-0.2, -0.15) is 0 Å². The molecule has 0 bridgehead atoms. The first-order chi connectivity index (χ1) is 15.0. The van der Waals surface area contributed by atoms with Crippen LogP contribution in [-0.4, -0.2) is 68.5 Å². The van der Waals surface area contributed by atoms with Crippen LogP contribution in [0.15, 0.2) is 24.3 Å². The Morgan fingerprint density at radius 1 is 1.29 bits per heavy atom. The van der Waals surface area contributed by atoms with Gasteiger partial charge < -0.3 is 30.2 Å². The van der Waals surface area contributed by atoms with E-state index in [1.54, 1.807) is 0 Å². The van der Waals surface area contributed by atoms with Crippen molar-refractivity contribution in [2.24, 2.45) is 11.7 Å². The summed E-state index contributed by atoms with van der Waals surface area (Å²) in [7, 11) is 1.33. The van der Waals surface area contributed by atoms with Crippen molar-refractivity contribution in [3.63, 3.8) is 0 Å². The summed E-state index contributed by atoms with van der Waals surface area (Å²) in [6.07, 6.45) is 4.15. The maximum atomic E-state index is 12.6. The molecule has 1 aromatic carbocycles. The molecule has 0 radical (unpaired) electrons. The molecule has 8 heteroatoms. The van der Waals surface area contributed by atoms with Crippen LogP contribution in [0.5, 0.6) is 5.75 Å². The Hall–Kier alpha value is -2.32. The molecule has 172 valence electrons. The van der Waals surface area contributed by atoms with Gasteiger partial charge in [0, 0.05) is 6.04 Å². The highest BCUT2D eigenvalue weighted by Gasteiger charge is 2.39. The fraction of sp³-hybridized carbons (Fsp3) is 0.652. The molecule has 0 aliphatic carbocycles. The lowest BCUT2D eigenvalue weighted by molar-refractivity contribution is -0.142. The molecule has 1 amide bonds. The van der Waals surface area contributed by atoms with Gasteiger partial charge in [0.15, 0.2) is 6.10 Å². The monoisotopic (exact) mass is 433 g/mol. The van der Waals surface area contributed by atoms with Crippen molar-refractivity contribution in [3.05, 3.63) is 29.8 Å². The van der Waals surface area contributed by atoms with Crippen molar-refractivity contribution in [1.82, 2.24) is 10.2 Å². The lowest BCUT2D eigenvalue weighted by Gasteiger charge is -2.35. The number of nitrogens with two attached hydrogens (primary N) is 1. The van der Waals surface area contributed by atoms with Crippen LogP contribution >= 0.6 is 0 Å². The third-order valence-corrected chi connectivity index (χ3v) is 6.13. The summed E-state index contributed by atoms with van der Waals surface area (Å²) < 4.78 is 16.1. The number of carbonyl (C=O) groups is 2. The molecule has 2 heterocycles. The summed E-state index contributed by atoms with van der Waals surface area (Å²) in [6, 6.07) is 6.98. The first-order valence-corrected chi connectivity index (χ1v) is 11.2. The predicted octanol–water partition coefficient (Wildman–Crippen LogP) is 2.10. The number of hydrogen-bond acceptors (Lipinski definition) is 7. The van der Waals surface area contributed by atoms with Gasteiger partial charge >= 0.3 is 12.1 Å². The zero-order valence-corrected chi connectivity index (χ0v) is 18.5. The highest BCUT2D eigenvalue weighted by Crippen LogP contribution is 2.28.